The maximum atomic E-state index is 11.1. The van der Waals surface area contributed by atoms with Crippen molar-refractivity contribution in [2.45, 2.75) is 0 Å². The first kappa shape index (κ1) is 48.7. The van der Waals surface area contributed by atoms with Crippen LogP contribution in [0.2, 0.25) is 0 Å². The topological polar surface area (TPSA) is 258 Å². The highest BCUT2D eigenvalue weighted by atomic mass is 16.6. The average Bonchev–Trinajstić information content (AvgIpc) is 3.17. The molecule has 310 valence electrons. The fraction of sp³-hybridized carbons (Fsp3) is 0.812. The summed E-state index contributed by atoms with van der Waals surface area (Å²) in [7, 11) is 0. The van der Waals surface area contributed by atoms with E-state index in [1.165, 1.54) is 12.1 Å². The van der Waals surface area contributed by atoms with Crippen LogP contribution in [-0.4, -0.2) is 182 Å². The predicted molar refractivity (Wildman–Crippen MR) is 192 cm³/mol. The van der Waals surface area contributed by atoms with Crippen LogP contribution in [0.3, 0.4) is 0 Å². The second-order valence-corrected chi connectivity index (χ2v) is 10.4. The summed E-state index contributed by atoms with van der Waals surface area (Å²) in [5.74, 6) is 0. The number of benzene rings is 1. The summed E-state index contributed by atoms with van der Waals surface area (Å²) in [6.07, 6.45) is 0. The van der Waals surface area contributed by atoms with E-state index in [0.717, 1.165) is 6.07 Å². The lowest BCUT2D eigenvalue weighted by molar-refractivity contribution is -0.393. The number of hydrogen-bond acceptors (Lipinski definition) is 18. The van der Waals surface area contributed by atoms with Crippen molar-refractivity contribution in [2.75, 3.05) is 177 Å². The number of nitrogens with zero attached hydrogens (tertiary/aromatic N) is 5. The lowest BCUT2D eigenvalue weighted by Gasteiger charge is -2.09. The van der Waals surface area contributed by atoms with Crippen LogP contribution in [0.1, 0.15) is 0 Å². The molecule has 0 fully saturated rings. The molecule has 0 aliphatic carbocycles. The molecule has 54 heavy (non-hydrogen) atoms. The lowest BCUT2D eigenvalue weighted by Crippen LogP contribution is -2.16. The molecule has 0 unspecified atom stereocenters. The number of anilines is 1. The van der Waals surface area contributed by atoms with Crippen molar-refractivity contribution in [3.8, 4) is 0 Å². The van der Waals surface area contributed by atoms with E-state index >= 15 is 0 Å². The maximum absolute atomic E-state index is 11.1. The van der Waals surface area contributed by atoms with Gasteiger partial charge in [0.25, 0.3) is 11.4 Å². The van der Waals surface area contributed by atoms with Gasteiger partial charge in [-0.15, -0.1) is 0 Å². The fourth-order valence-corrected chi connectivity index (χ4v) is 3.86. The second-order valence-electron chi connectivity index (χ2n) is 10.4. The van der Waals surface area contributed by atoms with E-state index in [4.69, 9.17) is 62.4 Å². The van der Waals surface area contributed by atoms with Crippen LogP contribution >= 0.6 is 0 Å². The lowest BCUT2D eigenvalue weighted by atomic mass is 10.2. The van der Waals surface area contributed by atoms with Crippen LogP contribution < -0.4 is 5.32 Å². The third-order valence-electron chi connectivity index (χ3n) is 6.44. The van der Waals surface area contributed by atoms with Crippen LogP contribution in [0, 0.1) is 20.2 Å². The van der Waals surface area contributed by atoms with Crippen molar-refractivity contribution in [2.24, 2.45) is 5.11 Å². The van der Waals surface area contributed by atoms with E-state index in [0.29, 0.717) is 159 Å². The van der Waals surface area contributed by atoms with Crippen LogP contribution in [0.25, 0.3) is 10.4 Å². The average molecular weight is 781 g/mol. The smallest absolute Gasteiger partial charge is 0.299 e. The van der Waals surface area contributed by atoms with Gasteiger partial charge in [0.05, 0.1) is 174 Å². The summed E-state index contributed by atoms with van der Waals surface area (Å²) >= 11 is 0. The highest BCUT2D eigenvalue weighted by Gasteiger charge is 2.19. The summed E-state index contributed by atoms with van der Waals surface area (Å²) in [6.45, 7) is 11.0. The van der Waals surface area contributed by atoms with E-state index in [2.05, 4.69) is 15.3 Å². The first-order valence-corrected chi connectivity index (χ1v) is 17.7. The van der Waals surface area contributed by atoms with Gasteiger partial charge in [0.1, 0.15) is 5.69 Å². The van der Waals surface area contributed by atoms with E-state index in [9.17, 15) is 20.2 Å². The predicted octanol–water partition coefficient (Wildman–Crippen LogP) is 2.42. The van der Waals surface area contributed by atoms with Gasteiger partial charge in [-0.25, -0.2) is 0 Å². The molecule has 0 spiro atoms. The third-order valence-corrected chi connectivity index (χ3v) is 6.44. The summed E-state index contributed by atoms with van der Waals surface area (Å²) in [6, 6.07) is 3.42. The molecule has 0 aliphatic rings. The Morgan fingerprint density at radius 1 is 0.500 bits per heavy atom. The highest BCUT2D eigenvalue weighted by Crippen LogP contribution is 2.28. The quantitative estimate of drug-likeness (QED) is 0.0249. The van der Waals surface area contributed by atoms with Crippen molar-refractivity contribution in [1.29, 1.82) is 0 Å². The normalized spacial score (nSPS) is 11.1. The van der Waals surface area contributed by atoms with E-state index in [1.54, 1.807) is 0 Å². The van der Waals surface area contributed by atoms with Gasteiger partial charge in [-0.3, -0.25) is 20.2 Å². The molecule has 0 bridgehead atoms. The minimum Gasteiger partial charge on any atom is -0.379 e. The van der Waals surface area contributed by atoms with Gasteiger partial charge in [0, 0.05) is 24.1 Å². The Bertz CT molecular complexity index is 1110. The molecular weight excluding hydrogens is 724 g/mol. The Labute approximate surface area is 314 Å². The van der Waals surface area contributed by atoms with Crippen LogP contribution in [0.4, 0.5) is 17.1 Å². The van der Waals surface area contributed by atoms with Gasteiger partial charge in [-0.1, -0.05) is 5.11 Å². The molecule has 0 aromatic heterocycles. The van der Waals surface area contributed by atoms with Crippen LogP contribution in [-0.2, 0) is 56.8 Å². The molecule has 22 heteroatoms. The first-order chi connectivity index (χ1) is 26.6. The zero-order valence-corrected chi connectivity index (χ0v) is 30.9. The number of non-ortho nitro benzene ring substituents is 1. The van der Waals surface area contributed by atoms with Crippen LogP contribution in [0.15, 0.2) is 23.3 Å². The molecule has 1 aromatic carbocycles. The van der Waals surface area contributed by atoms with Gasteiger partial charge in [-0.05, 0) is 11.6 Å². The Balaban J connectivity index is 1.70. The Hall–Kier alpha value is -3.35. The molecule has 0 heterocycles. The summed E-state index contributed by atoms with van der Waals surface area (Å²) < 4.78 is 65.0. The fourth-order valence-electron chi connectivity index (χ4n) is 3.86. The number of rotatable bonds is 42. The largest absolute Gasteiger partial charge is 0.379 e. The zero-order valence-electron chi connectivity index (χ0n) is 30.9. The molecule has 0 saturated carbocycles. The molecule has 22 nitrogen and oxygen atoms in total. The molecule has 0 atom stereocenters. The van der Waals surface area contributed by atoms with Gasteiger partial charge in [-0.2, -0.15) is 0 Å². The highest BCUT2D eigenvalue weighted by molar-refractivity contribution is 5.65. The Morgan fingerprint density at radius 3 is 1.11 bits per heavy atom. The molecule has 1 rings (SSSR count). The zero-order chi connectivity index (χ0) is 39.0. The molecule has 0 amide bonds. The first-order valence-electron chi connectivity index (χ1n) is 17.7. The summed E-state index contributed by atoms with van der Waals surface area (Å²) in [4.78, 5) is 23.2. The third kappa shape index (κ3) is 31.0. The molecule has 0 aliphatic heterocycles. The standard InChI is InChI=1S/C32H56N6O16/c33-36-35-4-6-44-8-10-46-12-14-48-16-18-50-20-22-52-24-26-54-28-27-53-25-23-51-21-19-49-17-15-47-13-11-45-9-7-43-5-3-34-31-2-1-30(37(39)40)29-32(31)38(41)42/h1-2,29,34H,3-28H2. The maximum Gasteiger partial charge on any atom is 0.299 e. The van der Waals surface area contributed by atoms with Gasteiger partial charge < -0.3 is 62.2 Å². The van der Waals surface area contributed by atoms with E-state index in [-0.39, 0.29) is 30.2 Å². The Morgan fingerprint density at radius 2 is 0.815 bits per heavy atom. The van der Waals surface area contributed by atoms with Crippen molar-refractivity contribution in [1.82, 2.24) is 0 Å². The van der Waals surface area contributed by atoms with Gasteiger partial charge in [0.15, 0.2) is 0 Å². The Kier molecular flexibility index (Phi) is 34.2. The molecule has 1 aromatic rings. The summed E-state index contributed by atoms with van der Waals surface area (Å²) in [5, 5.41) is 28.2. The monoisotopic (exact) mass is 780 g/mol. The minimum absolute atomic E-state index is 0.181. The molecular formula is C32H56N6O16. The van der Waals surface area contributed by atoms with Gasteiger partial charge in [0.2, 0.25) is 0 Å². The SMILES string of the molecule is [N-]=[N+]=NCCOCCOCCOCCOCCOCCOCCOCCOCCOCCOCCOCCOCCNc1ccc([N+](=O)[O-])cc1[N+](=O)[O-]. The number of hydrogen-bond donors (Lipinski definition) is 1. The number of azide groups is 1. The number of nitro groups is 2. The number of nitrogens with one attached hydrogen (secondary N) is 1. The summed E-state index contributed by atoms with van der Waals surface area (Å²) in [5.41, 5.74) is 7.60. The van der Waals surface area contributed by atoms with Gasteiger partial charge >= 0.3 is 0 Å². The van der Waals surface area contributed by atoms with Crippen molar-refractivity contribution >= 4 is 17.1 Å². The van der Waals surface area contributed by atoms with E-state index in [1.807, 2.05) is 0 Å². The van der Waals surface area contributed by atoms with E-state index < -0.39 is 9.85 Å². The molecule has 0 radical (unpaired) electrons. The van der Waals surface area contributed by atoms with Crippen molar-refractivity contribution in [3.05, 3.63) is 48.9 Å². The van der Waals surface area contributed by atoms with Crippen molar-refractivity contribution in [3.63, 3.8) is 0 Å². The molecule has 1 N–H and O–H groups in total. The molecule has 0 saturated heterocycles. The van der Waals surface area contributed by atoms with Crippen molar-refractivity contribution < 1.29 is 66.7 Å². The number of nitro benzene ring substituents is 2. The number of ether oxygens (including phenoxy) is 12. The van der Waals surface area contributed by atoms with Crippen LogP contribution in [0.5, 0.6) is 0 Å². The second kappa shape index (κ2) is 37.9. The minimum atomic E-state index is -0.684.